The standard InChI is InChI=1S/C10H7N5/c1-2-13-10-6-8(14-15(10)5-1)9-7-11-3-4-12-9/h1-7H. The quantitative estimate of drug-likeness (QED) is 0.588. The van der Waals surface area contributed by atoms with Crippen molar-refractivity contribution in [2.45, 2.75) is 0 Å². The van der Waals surface area contributed by atoms with Gasteiger partial charge in [-0.25, -0.2) is 9.50 Å². The van der Waals surface area contributed by atoms with Gasteiger partial charge in [-0.3, -0.25) is 9.97 Å². The zero-order valence-corrected chi connectivity index (χ0v) is 7.78. The molecule has 5 heteroatoms. The zero-order valence-electron chi connectivity index (χ0n) is 7.78. The van der Waals surface area contributed by atoms with Crippen LogP contribution >= 0.6 is 0 Å². The summed E-state index contributed by atoms with van der Waals surface area (Å²) in [5.41, 5.74) is 2.34. The summed E-state index contributed by atoms with van der Waals surface area (Å²) in [6.45, 7) is 0. The SMILES string of the molecule is c1cnc2cc(-c3cnccn3)nn2c1. The molecule has 0 atom stereocenters. The first kappa shape index (κ1) is 8.05. The van der Waals surface area contributed by atoms with Gasteiger partial charge in [0.25, 0.3) is 0 Å². The minimum atomic E-state index is 0.753. The fraction of sp³-hybridized carbons (Fsp3) is 0. The second-order valence-electron chi connectivity index (χ2n) is 3.04. The maximum Gasteiger partial charge on any atom is 0.155 e. The average Bonchev–Trinajstić information content (AvgIpc) is 2.74. The highest BCUT2D eigenvalue weighted by Crippen LogP contribution is 2.14. The van der Waals surface area contributed by atoms with Gasteiger partial charge in [-0.05, 0) is 6.07 Å². The highest BCUT2D eigenvalue weighted by atomic mass is 15.2. The van der Waals surface area contributed by atoms with Gasteiger partial charge in [0.15, 0.2) is 5.65 Å². The van der Waals surface area contributed by atoms with E-state index in [9.17, 15) is 0 Å². The van der Waals surface area contributed by atoms with Gasteiger partial charge in [-0.2, -0.15) is 5.10 Å². The Balaban J connectivity index is 2.21. The third kappa shape index (κ3) is 1.34. The lowest BCUT2D eigenvalue weighted by Crippen LogP contribution is -1.88. The molecule has 15 heavy (non-hydrogen) atoms. The Kier molecular flexibility index (Phi) is 1.68. The molecule has 3 heterocycles. The summed E-state index contributed by atoms with van der Waals surface area (Å²) >= 11 is 0. The molecule has 0 spiro atoms. The van der Waals surface area contributed by atoms with Gasteiger partial charge >= 0.3 is 0 Å². The highest BCUT2D eigenvalue weighted by Gasteiger charge is 2.04. The fourth-order valence-electron chi connectivity index (χ4n) is 1.39. The molecule has 3 aromatic rings. The summed E-state index contributed by atoms with van der Waals surface area (Å²) in [6, 6.07) is 3.71. The Labute approximate surface area is 85.5 Å². The van der Waals surface area contributed by atoms with Crippen molar-refractivity contribution >= 4 is 5.65 Å². The second kappa shape index (κ2) is 3.13. The Morgan fingerprint density at radius 1 is 1.00 bits per heavy atom. The van der Waals surface area contributed by atoms with E-state index in [2.05, 4.69) is 20.1 Å². The molecule has 0 fully saturated rings. The van der Waals surface area contributed by atoms with E-state index in [1.54, 1.807) is 29.3 Å². The van der Waals surface area contributed by atoms with E-state index in [0.29, 0.717) is 0 Å². The van der Waals surface area contributed by atoms with Gasteiger partial charge in [0.1, 0.15) is 11.4 Å². The number of nitrogens with zero attached hydrogens (tertiary/aromatic N) is 5. The Morgan fingerprint density at radius 2 is 2.00 bits per heavy atom. The summed E-state index contributed by atoms with van der Waals surface area (Å²) in [6.07, 6.45) is 8.55. The van der Waals surface area contributed by atoms with E-state index < -0.39 is 0 Å². The minimum Gasteiger partial charge on any atom is -0.261 e. The van der Waals surface area contributed by atoms with Crippen LogP contribution in [0.25, 0.3) is 17.0 Å². The van der Waals surface area contributed by atoms with Crippen LogP contribution < -0.4 is 0 Å². The lowest BCUT2D eigenvalue weighted by molar-refractivity contribution is 0.939. The van der Waals surface area contributed by atoms with Crippen LogP contribution in [0.4, 0.5) is 0 Å². The molecule has 0 aromatic carbocycles. The Hall–Kier alpha value is -2.30. The van der Waals surface area contributed by atoms with Gasteiger partial charge in [0, 0.05) is 30.9 Å². The van der Waals surface area contributed by atoms with Gasteiger partial charge < -0.3 is 0 Å². The van der Waals surface area contributed by atoms with Crippen LogP contribution in [0.2, 0.25) is 0 Å². The average molecular weight is 197 g/mol. The number of fused-ring (bicyclic) bond motifs is 1. The molecule has 0 aliphatic heterocycles. The van der Waals surface area contributed by atoms with Crippen molar-refractivity contribution in [1.29, 1.82) is 0 Å². The van der Waals surface area contributed by atoms with Gasteiger partial charge in [-0.15, -0.1) is 0 Å². The third-order valence-electron chi connectivity index (χ3n) is 2.06. The monoisotopic (exact) mass is 197 g/mol. The molecule has 3 rings (SSSR count). The Bertz CT molecular complexity index is 554. The number of hydrogen-bond acceptors (Lipinski definition) is 4. The van der Waals surface area contributed by atoms with E-state index in [1.165, 1.54) is 0 Å². The summed E-state index contributed by atoms with van der Waals surface area (Å²) in [5, 5.41) is 4.33. The highest BCUT2D eigenvalue weighted by molar-refractivity contribution is 5.59. The van der Waals surface area contributed by atoms with E-state index in [1.807, 2.05) is 18.3 Å². The summed E-state index contributed by atoms with van der Waals surface area (Å²) in [7, 11) is 0. The molecule has 0 aliphatic rings. The number of hydrogen-bond donors (Lipinski definition) is 0. The van der Waals surface area contributed by atoms with Crippen LogP contribution in [0.1, 0.15) is 0 Å². The van der Waals surface area contributed by atoms with E-state index >= 15 is 0 Å². The molecule has 0 saturated heterocycles. The predicted molar refractivity (Wildman–Crippen MR) is 54.0 cm³/mol. The van der Waals surface area contributed by atoms with E-state index in [4.69, 9.17) is 0 Å². The lowest BCUT2D eigenvalue weighted by Gasteiger charge is -1.91. The van der Waals surface area contributed by atoms with Crippen molar-refractivity contribution in [1.82, 2.24) is 24.6 Å². The van der Waals surface area contributed by atoms with Gasteiger partial charge in [-0.1, -0.05) is 0 Å². The van der Waals surface area contributed by atoms with Crippen molar-refractivity contribution in [3.63, 3.8) is 0 Å². The van der Waals surface area contributed by atoms with Crippen molar-refractivity contribution in [2.75, 3.05) is 0 Å². The second-order valence-corrected chi connectivity index (χ2v) is 3.04. The largest absolute Gasteiger partial charge is 0.261 e. The smallest absolute Gasteiger partial charge is 0.155 e. The number of aromatic nitrogens is 5. The van der Waals surface area contributed by atoms with Crippen LogP contribution in [-0.2, 0) is 0 Å². The molecule has 0 radical (unpaired) electrons. The van der Waals surface area contributed by atoms with Gasteiger partial charge in [0.05, 0.1) is 6.20 Å². The molecule has 0 aliphatic carbocycles. The van der Waals surface area contributed by atoms with Crippen molar-refractivity contribution in [3.05, 3.63) is 43.1 Å². The maximum atomic E-state index is 4.33. The van der Waals surface area contributed by atoms with E-state index in [-0.39, 0.29) is 0 Å². The topological polar surface area (TPSA) is 56.0 Å². The molecule has 0 bridgehead atoms. The molecule has 3 aromatic heterocycles. The molecule has 0 amide bonds. The Morgan fingerprint density at radius 3 is 2.80 bits per heavy atom. The molecular formula is C10H7N5. The summed E-state index contributed by atoms with van der Waals surface area (Å²) in [5.74, 6) is 0. The van der Waals surface area contributed by atoms with Crippen LogP contribution in [0.5, 0.6) is 0 Å². The van der Waals surface area contributed by atoms with Crippen molar-refractivity contribution in [3.8, 4) is 11.4 Å². The summed E-state index contributed by atoms with van der Waals surface area (Å²) in [4.78, 5) is 12.4. The van der Waals surface area contributed by atoms with Crippen LogP contribution in [0.3, 0.4) is 0 Å². The van der Waals surface area contributed by atoms with Crippen LogP contribution in [-0.4, -0.2) is 24.6 Å². The molecule has 72 valence electrons. The predicted octanol–water partition coefficient (Wildman–Crippen LogP) is 1.19. The van der Waals surface area contributed by atoms with Crippen LogP contribution in [0, 0.1) is 0 Å². The maximum absolute atomic E-state index is 4.33. The van der Waals surface area contributed by atoms with Gasteiger partial charge in [0.2, 0.25) is 0 Å². The normalized spacial score (nSPS) is 10.7. The van der Waals surface area contributed by atoms with Crippen molar-refractivity contribution in [2.24, 2.45) is 0 Å². The first-order chi connectivity index (χ1) is 7.43. The fourth-order valence-corrected chi connectivity index (χ4v) is 1.39. The van der Waals surface area contributed by atoms with Crippen LogP contribution in [0.15, 0.2) is 43.1 Å². The molecule has 0 N–H and O–H groups in total. The zero-order chi connectivity index (χ0) is 10.1. The summed E-state index contributed by atoms with van der Waals surface area (Å²) < 4.78 is 1.71. The molecule has 5 nitrogen and oxygen atoms in total. The molecular weight excluding hydrogens is 190 g/mol. The molecule has 0 unspecified atom stereocenters. The molecule has 0 saturated carbocycles. The minimum absolute atomic E-state index is 0.753. The van der Waals surface area contributed by atoms with Crippen molar-refractivity contribution < 1.29 is 0 Å². The first-order valence-electron chi connectivity index (χ1n) is 4.50. The van der Waals surface area contributed by atoms with E-state index in [0.717, 1.165) is 17.0 Å². The first-order valence-corrected chi connectivity index (χ1v) is 4.50. The number of rotatable bonds is 1. The lowest BCUT2D eigenvalue weighted by atomic mass is 10.3. The third-order valence-corrected chi connectivity index (χ3v) is 2.06.